The predicted octanol–water partition coefficient (Wildman–Crippen LogP) is 2.41. The maximum absolute atomic E-state index is 12.4. The zero-order valence-electron chi connectivity index (χ0n) is 13.1. The van der Waals surface area contributed by atoms with Crippen molar-refractivity contribution in [2.24, 2.45) is 0 Å². The van der Waals surface area contributed by atoms with Gasteiger partial charge in [0.15, 0.2) is 17.3 Å². The van der Waals surface area contributed by atoms with E-state index in [0.717, 1.165) is 0 Å². The number of rotatable bonds is 5. The molecule has 0 bridgehead atoms. The number of hydrogen-bond donors (Lipinski definition) is 1. The molecule has 100 valence electrons. The van der Waals surface area contributed by atoms with E-state index < -0.39 is 13.0 Å². The number of fused-ring (bicyclic) bond motifs is 1. The topological polar surface area (TPSA) is 47.6 Å². The van der Waals surface area contributed by atoms with Crippen molar-refractivity contribution in [1.82, 2.24) is 5.32 Å². The number of carbonyl (C=O) groups excluding carboxylic acids is 1. The number of nitrogens with one attached hydrogen (secondary N) is 1. The van der Waals surface area contributed by atoms with Crippen molar-refractivity contribution in [2.75, 3.05) is 13.8 Å². The van der Waals surface area contributed by atoms with Crippen molar-refractivity contribution >= 4 is 18.2 Å². The zero-order chi connectivity index (χ0) is 14.8. The number of ether oxygens (including phenoxy) is 2. The molecule has 0 aromatic heterocycles. The van der Waals surface area contributed by atoms with Gasteiger partial charge in [-0.1, -0.05) is 13.3 Å². The highest BCUT2D eigenvalue weighted by Gasteiger charge is 2.20. The summed E-state index contributed by atoms with van der Waals surface area (Å²) in [6.07, 6.45) is 1.18. The third kappa shape index (κ3) is 2.94. The smallest absolute Gasteiger partial charge is 0.231 e. The first-order valence-electron chi connectivity index (χ1n) is 7.12. The minimum Gasteiger partial charge on any atom is -0.454 e. The normalized spacial score (nSPS) is 17.1. The van der Waals surface area contributed by atoms with E-state index in [2.05, 4.69) is 5.32 Å². The Labute approximate surface area is 117 Å². The van der Waals surface area contributed by atoms with Crippen LogP contribution in [0.3, 0.4) is 0 Å². The highest BCUT2D eigenvalue weighted by molar-refractivity contribution is 6.00. The Morgan fingerprint density at radius 2 is 2.28 bits per heavy atom. The molecule has 0 saturated carbocycles. The molecule has 1 aliphatic rings. The minimum atomic E-state index is -2.34. The molecule has 0 spiro atoms. The van der Waals surface area contributed by atoms with Gasteiger partial charge in [-0.05, 0) is 31.6 Å². The van der Waals surface area contributed by atoms with Crippen LogP contribution in [0, 0.1) is 0 Å². The van der Waals surface area contributed by atoms with Crippen LogP contribution >= 0.6 is 12.4 Å². The fraction of sp³-hybridized carbons (Fsp3) is 0.462. The summed E-state index contributed by atoms with van der Waals surface area (Å²) < 4.78 is 32.1. The van der Waals surface area contributed by atoms with Gasteiger partial charge in [-0.2, -0.15) is 0 Å². The first-order valence-corrected chi connectivity index (χ1v) is 5.62. The highest BCUT2D eigenvalue weighted by Crippen LogP contribution is 2.32. The molecule has 1 aliphatic heterocycles. The monoisotopic (exact) mass is 274 g/mol. The summed E-state index contributed by atoms with van der Waals surface area (Å²) in [7, 11) is 0. The van der Waals surface area contributed by atoms with Crippen molar-refractivity contribution in [3.63, 3.8) is 0 Å². The third-order valence-corrected chi connectivity index (χ3v) is 2.73. The molecule has 1 aromatic carbocycles. The molecule has 1 heterocycles. The van der Waals surface area contributed by atoms with Gasteiger partial charge in [0.1, 0.15) is 0 Å². The molecular formula is C13H18ClNO3. The van der Waals surface area contributed by atoms with Crippen LogP contribution in [0.15, 0.2) is 18.2 Å². The van der Waals surface area contributed by atoms with Crippen molar-refractivity contribution < 1.29 is 18.4 Å². The molecule has 0 aliphatic carbocycles. The van der Waals surface area contributed by atoms with E-state index in [9.17, 15) is 4.79 Å². The van der Waals surface area contributed by atoms with E-state index in [-0.39, 0.29) is 25.0 Å². The lowest BCUT2D eigenvalue weighted by atomic mass is 10.0. The maximum Gasteiger partial charge on any atom is 0.231 e. The van der Waals surface area contributed by atoms with Crippen LogP contribution < -0.4 is 14.8 Å². The SMILES string of the molecule is Cl.[2H]C([2H])([2H])NC(CCC)C(=O)c1ccc2c(c1)OCO2. The van der Waals surface area contributed by atoms with Crippen LogP contribution in [0.4, 0.5) is 0 Å². The van der Waals surface area contributed by atoms with Crippen LogP contribution in [-0.4, -0.2) is 25.6 Å². The van der Waals surface area contributed by atoms with E-state index in [1.807, 2.05) is 6.92 Å². The second-order valence-electron chi connectivity index (χ2n) is 3.92. The largest absolute Gasteiger partial charge is 0.454 e. The second-order valence-corrected chi connectivity index (χ2v) is 3.92. The number of Topliss-reactive ketones (excluding diaryl/α,β-unsaturated/α-hetero) is 1. The number of ketones is 1. The first kappa shape index (κ1) is 10.6. The van der Waals surface area contributed by atoms with Crippen molar-refractivity contribution in [2.45, 2.75) is 25.8 Å². The molecule has 1 N–H and O–H groups in total. The lowest BCUT2D eigenvalue weighted by molar-refractivity contribution is 0.0941. The highest BCUT2D eigenvalue weighted by atomic mass is 35.5. The van der Waals surface area contributed by atoms with Crippen LogP contribution in [0.25, 0.3) is 0 Å². The molecule has 0 amide bonds. The van der Waals surface area contributed by atoms with Gasteiger partial charge in [0.05, 0.1) is 6.04 Å². The van der Waals surface area contributed by atoms with Gasteiger partial charge in [0.2, 0.25) is 6.79 Å². The van der Waals surface area contributed by atoms with Gasteiger partial charge in [0, 0.05) is 9.68 Å². The summed E-state index contributed by atoms with van der Waals surface area (Å²) in [4.78, 5) is 12.4. The number of hydrogen-bond acceptors (Lipinski definition) is 4. The van der Waals surface area contributed by atoms with Gasteiger partial charge in [-0.3, -0.25) is 4.79 Å². The number of benzene rings is 1. The van der Waals surface area contributed by atoms with E-state index in [1.165, 1.54) is 0 Å². The van der Waals surface area contributed by atoms with Crippen LogP contribution in [0.5, 0.6) is 11.5 Å². The molecule has 5 heteroatoms. The number of halogens is 1. The van der Waals surface area contributed by atoms with E-state index >= 15 is 0 Å². The van der Waals surface area contributed by atoms with Gasteiger partial charge >= 0.3 is 0 Å². The Morgan fingerprint density at radius 1 is 1.50 bits per heavy atom. The maximum atomic E-state index is 12.4. The molecule has 0 radical (unpaired) electrons. The Morgan fingerprint density at radius 3 is 3.00 bits per heavy atom. The molecular weight excluding hydrogens is 254 g/mol. The van der Waals surface area contributed by atoms with Gasteiger partial charge in [0.25, 0.3) is 0 Å². The number of carbonyl (C=O) groups is 1. The summed E-state index contributed by atoms with van der Waals surface area (Å²) in [5, 5.41) is 2.40. The summed E-state index contributed by atoms with van der Waals surface area (Å²) in [5.74, 6) is 0.860. The van der Waals surface area contributed by atoms with E-state index in [1.54, 1.807) is 18.2 Å². The van der Waals surface area contributed by atoms with E-state index in [0.29, 0.717) is 29.9 Å². The Hall–Kier alpha value is -1.26. The standard InChI is InChI=1S/C13H17NO3.ClH/c1-3-4-10(14-2)13(15)9-5-6-11-12(7-9)17-8-16-11;/h5-7,10,14H,3-4,8H2,1-2H3;1H/i2D3;. The minimum absolute atomic E-state index is 0. The van der Waals surface area contributed by atoms with Gasteiger partial charge in [-0.15, -0.1) is 12.4 Å². The van der Waals surface area contributed by atoms with Crippen molar-refractivity contribution in [3.05, 3.63) is 23.8 Å². The van der Waals surface area contributed by atoms with E-state index in [4.69, 9.17) is 13.6 Å². The summed E-state index contributed by atoms with van der Waals surface area (Å²) >= 11 is 0. The zero-order valence-corrected chi connectivity index (χ0v) is 10.9. The Balaban J connectivity index is 0.00000220. The van der Waals surface area contributed by atoms with Gasteiger partial charge < -0.3 is 14.8 Å². The molecule has 1 aromatic rings. The Kier molecular flexibility index (Phi) is 3.91. The first-order chi connectivity index (χ1) is 9.40. The summed E-state index contributed by atoms with van der Waals surface area (Å²) in [5.41, 5.74) is 0.421. The predicted molar refractivity (Wildman–Crippen MR) is 71.9 cm³/mol. The molecule has 1 atom stereocenters. The average Bonchev–Trinajstić information content (AvgIpc) is 2.83. The second kappa shape index (κ2) is 6.61. The molecule has 1 unspecified atom stereocenters. The van der Waals surface area contributed by atoms with Crippen LogP contribution in [-0.2, 0) is 0 Å². The number of likely N-dealkylation sites (N-methyl/N-ethyl adjacent to an activating group) is 1. The van der Waals surface area contributed by atoms with Crippen molar-refractivity contribution in [1.29, 1.82) is 0 Å². The molecule has 4 nitrogen and oxygen atoms in total. The quantitative estimate of drug-likeness (QED) is 0.838. The summed E-state index contributed by atoms with van der Waals surface area (Å²) in [6.45, 7) is -0.300. The fourth-order valence-electron chi connectivity index (χ4n) is 1.81. The molecule has 0 fully saturated rings. The summed E-state index contributed by atoms with van der Waals surface area (Å²) in [6, 6.07) is 4.15. The van der Waals surface area contributed by atoms with Crippen LogP contribution in [0.1, 0.15) is 34.2 Å². The van der Waals surface area contributed by atoms with Crippen molar-refractivity contribution in [3.8, 4) is 11.5 Å². The molecule has 0 saturated heterocycles. The molecule has 18 heavy (non-hydrogen) atoms. The Bertz CT molecular complexity index is 508. The van der Waals surface area contributed by atoms with Gasteiger partial charge in [-0.25, -0.2) is 0 Å². The molecule has 2 rings (SSSR count). The lowest BCUT2D eigenvalue weighted by Crippen LogP contribution is -2.33. The third-order valence-electron chi connectivity index (χ3n) is 2.73. The van der Waals surface area contributed by atoms with Crippen LogP contribution in [0.2, 0.25) is 0 Å². The average molecular weight is 275 g/mol. The lowest BCUT2D eigenvalue weighted by Gasteiger charge is -2.14. The fourth-order valence-corrected chi connectivity index (χ4v) is 1.81.